The summed E-state index contributed by atoms with van der Waals surface area (Å²) in [6, 6.07) is 10.6. The maximum Gasteiger partial charge on any atom is 0.238 e. The molecule has 0 aliphatic carbocycles. The number of benzene rings is 1. The number of rotatable bonds is 5. The maximum absolute atomic E-state index is 12.8. The molecule has 1 unspecified atom stereocenters. The Bertz CT molecular complexity index is 1140. The van der Waals surface area contributed by atoms with Crippen molar-refractivity contribution in [1.29, 1.82) is 0 Å². The highest BCUT2D eigenvalue weighted by Gasteiger charge is 2.31. The van der Waals surface area contributed by atoms with Crippen molar-refractivity contribution in [2.24, 2.45) is 0 Å². The summed E-state index contributed by atoms with van der Waals surface area (Å²) in [5.74, 6) is -0.224. The molecule has 1 atom stereocenters. The predicted molar refractivity (Wildman–Crippen MR) is 119 cm³/mol. The predicted octanol–water partition coefficient (Wildman–Crippen LogP) is 4.45. The molecule has 4 rings (SSSR count). The molecule has 152 valence electrons. The Labute approximate surface area is 182 Å². The smallest absolute Gasteiger partial charge is 0.238 e. The molecule has 1 N–H and O–H groups in total. The van der Waals surface area contributed by atoms with Crippen molar-refractivity contribution in [3.8, 4) is 0 Å². The highest BCUT2D eigenvalue weighted by molar-refractivity contribution is 7.90. The lowest BCUT2D eigenvalue weighted by Gasteiger charge is -2.34. The molecule has 9 heteroatoms. The van der Waals surface area contributed by atoms with Gasteiger partial charge in [0.2, 0.25) is 5.91 Å². The van der Waals surface area contributed by atoms with E-state index in [1.165, 1.54) is 33.5 Å². The number of fused-ring (bicyclic) bond motifs is 1. The van der Waals surface area contributed by atoms with Gasteiger partial charge in [0.25, 0.3) is 0 Å². The van der Waals surface area contributed by atoms with Crippen LogP contribution in [0.3, 0.4) is 0 Å². The van der Waals surface area contributed by atoms with E-state index in [2.05, 4.69) is 27.7 Å². The fraction of sp³-hybridized carbons (Fsp3) is 0.250. The van der Waals surface area contributed by atoms with E-state index in [9.17, 15) is 13.2 Å². The van der Waals surface area contributed by atoms with E-state index in [0.29, 0.717) is 10.7 Å². The number of sulfone groups is 1. The third-order valence-electron chi connectivity index (χ3n) is 4.87. The van der Waals surface area contributed by atoms with Crippen LogP contribution in [0.25, 0.3) is 0 Å². The van der Waals surface area contributed by atoms with Crippen LogP contribution in [0.4, 0.5) is 5.69 Å². The Morgan fingerprint density at radius 2 is 2.07 bits per heavy atom. The zero-order valence-electron chi connectivity index (χ0n) is 15.6. The molecule has 2 aromatic heterocycles. The highest BCUT2D eigenvalue weighted by Crippen LogP contribution is 2.39. The van der Waals surface area contributed by atoms with Crippen LogP contribution in [0.15, 0.2) is 52.1 Å². The van der Waals surface area contributed by atoms with E-state index < -0.39 is 9.84 Å². The van der Waals surface area contributed by atoms with Gasteiger partial charge in [0.05, 0.1) is 28.2 Å². The number of nitrogens with zero attached hydrogens (tertiary/aromatic N) is 1. The lowest BCUT2D eigenvalue weighted by molar-refractivity contribution is -0.117. The van der Waals surface area contributed by atoms with Crippen LogP contribution in [-0.2, 0) is 21.1 Å². The van der Waals surface area contributed by atoms with Crippen molar-refractivity contribution in [2.45, 2.75) is 17.4 Å². The summed E-state index contributed by atoms with van der Waals surface area (Å²) in [6.07, 6.45) is 2.03. The minimum atomic E-state index is -3.39. The van der Waals surface area contributed by atoms with Crippen LogP contribution in [0, 0.1) is 0 Å². The van der Waals surface area contributed by atoms with Crippen LogP contribution < -0.4 is 5.32 Å². The topological polar surface area (TPSA) is 66.5 Å². The number of hydrogen-bond acceptors (Lipinski definition) is 6. The zero-order chi connectivity index (χ0) is 20.6. The molecule has 0 saturated carbocycles. The van der Waals surface area contributed by atoms with E-state index in [4.69, 9.17) is 11.6 Å². The van der Waals surface area contributed by atoms with Crippen molar-refractivity contribution >= 4 is 55.7 Å². The molecular weight excluding hydrogens is 448 g/mol. The van der Waals surface area contributed by atoms with Crippen LogP contribution >= 0.6 is 34.3 Å². The molecule has 0 fully saturated rings. The monoisotopic (exact) mass is 466 g/mol. The van der Waals surface area contributed by atoms with Crippen LogP contribution in [0.1, 0.15) is 21.4 Å². The first-order chi connectivity index (χ1) is 13.8. The number of amides is 1. The summed E-state index contributed by atoms with van der Waals surface area (Å²) in [4.78, 5) is 17.6. The van der Waals surface area contributed by atoms with Gasteiger partial charge in [-0.3, -0.25) is 9.69 Å². The lowest BCUT2D eigenvalue weighted by Crippen LogP contribution is -2.40. The first-order valence-corrected chi connectivity index (χ1v) is 13.0. The van der Waals surface area contributed by atoms with E-state index in [-0.39, 0.29) is 23.4 Å². The van der Waals surface area contributed by atoms with Crippen molar-refractivity contribution in [3.63, 3.8) is 0 Å². The van der Waals surface area contributed by atoms with Crippen molar-refractivity contribution in [3.05, 3.63) is 67.5 Å². The third kappa shape index (κ3) is 4.41. The molecule has 1 aliphatic heterocycles. The average Bonchev–Trinajstić information content (AvgIpc) is 3.34. The van der Waals surface area contributed by atoms with Crippen LogP contribution in [0.5, 0.6) is 0 Å². The third-order valence-corrected chi connectivity index (χ3v) is 8.23. The molecule has 0 saturated heterocycles. The van der Waals surface area contributed by atoms with Gasteiger partial charge in [-0.1, -0.05) is 17.7 Å². The lowest BCUT2D eigenvalue weighted by atomic mass is 9.98. The number of hydrogen-bond donors (Lipinski definition) is 1. The van der Waals surface area contributed by atoms with Gasteiger partial charge in [0.1, 0.15) is 0 Å². The van der Waals surface area contributed by atoms with Crippen molar-refractivity contribution < 1.29 is 13.2 Å². The summed E-state index contributed by atoms with van der Waals surface area (Å²) in [7, 11) is -3.39. The largest absolute Gasteiger partial charge is 0.324 e. The van der Waals surface area contributed by atoms with Gasteiger partial charge < -0.3 is 5.32 Å². The van der Waals surface area contributed by atoms with Gasteiger partial charge in [0, 0.05) is 22.6 Å². The fourth-order valence-corrected chi connectivity index (χ4v) is 6.12. The SMILES string of the molecule is CS(=O)(=O)c1ccc(Cl)c(NC(=O)CN2CCc3sccc3C2c2cccs2)c1. The number of anilines is 1. The molecule has 0 radical (unpaired) electrons. The molecular formula is C20H19ClN2O3S3. The molecule has 0 spiro atoms. The second kappa shape index (κ2) is 8.20. The van der Waals surface area contributed by atoms with Crippen LogP contribution in [0.2, 0.25) is 5.02 Å². The van der Waals surface area contributed by atoms with Gasteiger partial charge in [-0.15, -0.1) is 22.7 Å². The van der Waals surface area contributed by atoms with E-state index in [1.54, 1.807) is 22.7 Å². The second-order valence-electron chi connectivity index (χ2n) is 6.90. The summed E-state index contributed by atoms with van der Waals surface area (Å²) in [5.41, 5.74) is 1.56. The Kier molecular flexibility index (Phi) is 5.81. The first kappa shape index (κ1) is 20.6. The molecule has 29 heavy (non-hydrogen) atoms. The molecule has 5 nitrogen and oxygen atoms in total. The average molecular weight is 467 g/mol. The summed E-state index contributed by atoms with van der Waals surface area (Å²) >= 11 is 9.62. The number of nitrogens with one attached hydrogen (secondary N) is 1. The number of carbonyl (C=O) groups excluding carboxylic acids is 1. The molecule has 1 aromatic carbocycles. The van der Waals surface area contributed by atoms with E-state index in [0.717, 1.165) is 19.2 Å². The second-order valence-corrected chi connectivity index (χ2v) is 11.3. The Morgan fingerprint density at radius 3 is 2.79 bits per heavy atom. The van der Waals surface area contributed by atoms with Crippen LogP contribution in [-0.4, -0.2) is 38.6 Å². The fourth-order valence-electron chi connectivity index (χ4n) is 3.52. The molecule has 3 aromatic rings. The van der Waals surface area contributed by atoms with Gasteiger partial charge in [-0.25, -0.2) is 8.42 Å². The number of thiophene rings is 2. The Morgan fingerprint density at radius 1 is 1.24 bits per heavy atom. The first-order valence-electron chi connectivity index (χ1n) is 8.96. The van der Waals surface area contributed by atoms with Crippen molar-refractivity contribution in [2.75, 3.05) is 24.7 Å². The molecule has 1 aliphatic rings. The van der Waals surface area contributed by atoms with Gasteiger partial charge >= 0.3 is 0 Å². The van der Waals surface area contributed by atoms with Gasteiger partial charge in [0.15, 0.2) is 9.84 Å². The number of carbonyl (C=O) groups is 1. The highest BCUT2D eigenvalue weighted by atomic mass is 35.5. The summed E-state index contributed by atoms with van der Waals surface area (Å²) in [5, 5.41) is 7.24. The van der Waals surface area contributed by atoms with Gasteiger partial charge in [-0.2, -0.15) is 0 Å². The summed E-state index contributed by atoms with van der Waals surface area (Å²) < 4.78 is 23.6. The van der Waals surface area contributed by atoms with E-state index >= 15 is 0 Å². The minimum Gasteiger partial charge on any atom is -0.324 e. The Hall–Kier alpha value is -1.71. The van der Waals surface area contributed by atoms with E-state index in [1.807, 2.05) is 11.4 Å². The van der Waals surface area contributed by atoms with Gasteiger partial charge in [-0.05, 0) is 53.1 Å². The maximum atomic E-state index is 12.8. The minimum absolute atomic E-state index is 0.0496. The molecule has 1 amide bonds. The Balaban J connectivity index is 1.55. The summed E-state index contributed by atoms with van der Waals surface area (Å²) in [6.45, 7) is 0.970. The number of halogens is 1. The zero-order valence-corrected chi connectivity index (χ0v) is 18.8. The molecule has 3 heterocycles. The normalized spacial score (nSPS) is 17.1. The van der Waals surface area contributed by atoms with Crippen molar-refractivity contribution in [1.82, 2.24) is 4.90 Å². The molecule has 0 bridgehead atoms. The standard InChI is InChI=1S/C20H19ClN2O3S3/c1-29(25,26)13-4-5-15(21)16(11-13)22-19(24)12-23-8-6-17-14(7-10-28-17)20(23)18-3-2-9-27-18/h2-5,7,9-11,20H,6,8,12H2,1H3,(H,22,24). The quantitative estimate of drug-likeness (QED) is 0.603.